The molecule has 102 valence electrons. The summed E-state index contributed by atoms with van der Waals surface area (Å²) in [6, 6.07) is 0. The van der Waals surface area contributed by atoms with Gasteiger partial charge in [-0.15, -0.1) is 0 Å². The Hall–Kier alpha value is -0.610. The fourth-order valence-electron chi connectivity index (χ4n) is 3.44. The SMILES string of the molecule is COCCN1CC[C@@H]2CN(CC3CC3)C[C@H]2C1=O. The predicted molar refractivity (Wildman–Crippen MR) is 69.2 cm³/mol. The second kappa shape index (κ2) is 5.17. The van der Waals surface area contributed by atoms with Gasteiger partial charge in [0.05, 0.1) is 12.5 Å². The number of fused-ring (bicyclic) bond motifs is 1. The van der Waals surface area contributed by atoms with Crippen LogP contribution in [0.2, 0.25) is 0 Å². The summed E-state index contributed by atoms with van der Waals surface area (Å²) in [5, 5.41) is 0. The highest BCUT2D eigenvalue weighted by Gasteiger charge is 2.43. The van der Waals surface area contributed by atoms with Crippen molar-refractivity contribution >= 4 is 5.91 Å². The number of ether oxygens (including phenoxy) is 1. The Morgan fingerprint density at radius 3 is 2.83 bits per heavy atom. The molecule has 18 heavy (non-hydrogen) atoms. The summed E-state index contributed by atoms with van der Waals surface area (Å²) in [6.07, 6.45) is 3.99. The van der Waals surface area contributed by atoms with Crippen molar-refractivity contribution in [2.75, 3.05) is 46.4 Å². The van der Waals surface area contributed by atoms with Gasteiger partial charge in [-0.05, 0) is 31.1 Å². The van der Waals surface area contributed by atoms with Crippen LogP contribution in [0.1, 0.15) is 19.3 Å². The Kier molecular flexibility index (Phi) is 3.57. The van der Waals surface area contributed by atoms with Crippen LogP contribution in [0, 0.1) is 17.8 Å². The average molecular weight is 252 g/mol. The lowest BCUT2D eigenvalue weighted by atomic mass is 9.88. The summed E-state index contributed by atoms with van der Waals surface area (Å²) in [7, 11) is 1.70. The third-order valence-corrected chi connectivity index (χ3v) is 4.69. The molecule has 0 spiro atoms. The zero-order valence-electron chi connectivity index (χ0n) is 11.3. The van der Waals surface area contributed by atoms with E-state index in [1.165, 1.54) is 25.8 Å². The first kappa shape index (κ1) is 12.4. The molecule has 4 nitrogen and oxygen atoms in total. The van der Waals surface area contributed by atoms with E-state index in [-0.39, 0.29) is 5.92 Å². The number of hydrogen-bond donors (Lipinski definition) is 0. The van der Waals surface area contributed by atoms with Crippen LogP contribution in [0.5, 0.6) is 0 Å². The van der Waals surface area contributed by atoms with Gasteiger partial charge in [0, 0.05) is 39.8 Å². The molecule has 1 aliphatic carbocycles. The average Bonchev–Trinajstić information content (AvgIpc) is 3.06. The standard InChI is InChI=1S/C14H24N2O2/c1-18-7-6-16-5-4-12-9-15(8-11-2-3-11)10-13(12)14(16)17/h11-13H,2-10H2,1H3/t12-,13-/m1/s1. The molecule has 2 heterocycles. The smallest absolute Gasteiger partial charge is 0.227 e. The van der Waals surface area contributed by atoms with Crippen molar-refractivity contribution < 1.29 is 9.53 Å². The highest BCUT2D eigenvalue weighted by atomic mass is 16.5. The topological polar surface area (TPSA) is 32.8 Å². The summed E-state index contributed by atoms with van der Waals surface area (Å²) in [5.74, 6) is 2.20. The second-order valence-corrected chi connectivity index (χ2v) is 6.14. The molecule has 3 rings (SSSR count). The zero-order chi connectivity index (χ0) is 12.5. The minimum atomic E-state index is 0.273. The van der Waals surface area contributed by atoms with Gasteiger partial charge in [0.15, 0.2) is 0 Å². The van der Waals surface area contributed by atoms with Crippen LogP contribution in [0.25, 0.3) is 0 Å². The highest BCUT2D eigenvalue weighted by molar-refractivity contribution is 5.80. The number of carbonyl (C=O) groups excluding carboxylic acids is 1. The maximum absolute atomic E-state index is 12.4. The first-order valence-corrected chi connectivity index (χ1v) is 7.28. The van der Waals surface area contributed by atoms with Crippen LogP contribution < -0.4 is 0 Å². The first-order valence-electron chi connectivity index (χ1n) is 7.28. The van der Waals surface area contributed by atoms with Crippen molar-refractivity contribution in [2.45, 2.75) is 19.3 Å². The van der Waals surface area contributed by atoms with Crippen molar-refractivity contribution in [3.8, 4) is 0 Å². The number of hydrogen-bond acceptors (Lipinski definition) is 3. The summed E-state index contributed by atoms with van der Waals surface area (Å²) in [6.45, 7) is 5.75. The molecular weight excluding hydrogens is 228 g/mol. The van der Waals surface area contributed by atoms with E-state index in [0.29, 0.717) is 18.4 Å². The lowest BCUT2D eigenvalue weighted by Crippen LogP contribution is -2.46. The quantitative estimate of drug-likeness (QED) is 0.726. The van der Waals surface area contributed by atoms with Crippen molar-refractivity contribution in [1.29, 1.82) is 0 Å². The van der Waals surface area contributed by atoms with E-state index in [0.717, 1.165) is 32.1 Å². The lowest BCUT2D eigenvalue weighted by molar-refractivity contribution is -0.140. The Morgan fingerprint density at radius 2 is 2.11 bits per heavy atom. The lowest BCUT2D eigenvalue weighted by Gasteiger charge is -2.33. The molecule has 3 fully saturated rings. The van der Waals surface area contributed by atoms with Gasteiger partial charge in [-0.2, -0.15) is 0 Å². The van der Waals surface area contributed by atoms with Gasteiger partial charge < -0.3 is 14.5 Å². The molecule has 0 bridgehead atoms. The number of likely N-dealkylation sites (tertiary alicyclic amines) is 2. The molecule has 0 aromatic carbocycles. The first-order chi connectivity index (χ1) is 8.78. The Morgan fingerprint density at radius 1 is 1.28 bits per heavy atom. The number of rotatable bonds is 5. The van der Waals surface area contributed by atoms with E-state index in [4.69, 9.17) is 4.74 Å². The molecule has 0 aromatic rings. The molecule has 0 aromatic heterocycles. The number of piperidine rings is 1. The van der Waals surface area contributed by atoms with Crippen LogP contribution in [-0.4, -0.2) is 62.1 Å². The molecule has 3 aliphatic rings. The number of nitrogens with zero attached hydrogens (tertiary/aromatic N) is 2. The molecule has 0 N–H and O–H groups in total. The molecule has 2 aliphatic heterocycles. The molecule has 0 radical (unpaired) electrons. The van der Waals surface area contributed by atoms with Crippen molar-refractivity contribution in [2.24, 2.45) is 17.8 Å². The van der Waals surface area contributed by atoms with Gasteiger partial charge in [0.1, 0.15) is 0 Å². The van der Waals surface area contributed by atoms with E-state index in [1.54, 1.807) is 7.11 Å². The number of amides is 1. The van der Waals surface area contributed by atoms with Crippen molar-refractivity contribution in [3.05, 3.63) is 0 Å². The molecule has 1 amide bonds. The minimum absolute atomic E-state index is 0.273. The van der Waals surface area contributed by atoms with Crippen LogP contribution in [0.15, 0.2) is 0 Å². The zero-order valence-corrected chi connectivity index (χ0v) is 11.3. The van der Waals surface area contributed by atoms with Crippen molar-refractivity contribution in [3.63, 3.8) is 0 Å². The van der Waals surface area contributed by atoms with Crippen LogP contribution in [0.4, 0.5) is 0 Å². The maximum Gasteiger partial charge on any atom is 0.227 e. The number of carbonyl (C=O) groups is 1. The maximum atomic E-state index is 12.4. The van der Waals surface area contributed by atoms with Gasteiger partial charge >= 0.3 is 0 Å². The molecule has 1 saturated carbocycles. The monoisotopic (exact) mass is 252 g/mol. The van der Waals surface area contributed by atoms with Crippen molar-refractivity contribution in [1.82, 2.24) is 9.80 Å². The van der Waals surface area contributed by atoms with Gasteiger partial charge in [-0.1, -0.05) is 0 Å². The normalized spacial score (nSPS) is 32.9. The summed E-state index contributed by atoms with van der Waals surface area (Å²) < 4.78 is 5.08. The number of methoxy groups -OCH3 is 1. The molecule has 4 heteroatoms. The van der Waals surface area contributed by atoms with Gasteiger partial charge in [0.2, 0.25) is 5.91 Å². The molecule has 2 saturated heterocycles. The largest absolute Gasteiger partial charge is 0.383 e. The third kappa shape index (κ3) is 2.54. The van der Waals surface area contributed by atoms with Gasteiger partial charge in [-0.25, -0.2) is 0 Å². The second-order valence-electron chi connectivity index (χ2n) is 6.14. The molecule has 2 atom stereocenters. The van der Waals surface area contributed by atoms with E-state index in [2.05, 4.69) is 4.90 Å². The third-order valence-electron chi connectivity index (χ3n) is 4.69. The van der Waals surface area contributed by atoms with Crippen LogP contribution in [-0.2, 0) is 9.53 Å². The minimum Gasteiger partial charge on any atom is -0.383 e. The van der Waals surface area contributed by atoms with E-state index < -0.39 is 0 Å². The van der Waals surface area contributed by atoms with Gasteiger partial charge in [0.25, 0.3) is 0 Å². The Balaban J connectivity index is 1.55. The van der Waals surface area contributed by atoms with E-state index in [9.17, 15) is 4.79 Å². The molecular formula is C14H24N2O2. The fraction of sp³-hybridized carbons (Fsp3) is 0.929. The van der Waals surface area contributed by atoms with Crippen LogP contribution >= 0.6 is 0 Å². The summed E-state index contributed by atoms with van der Waals surface area (Å²) in [4.78, 5) is 16.9. The predicted octanol–water partition coefficient (Wildman–Crippen LogP) is 0.823. The van der Waals surface area contributed by atoms with Crippen LogP contribution in [0.3, 0.4) is 0 Å². The van der Waals surface area contributed by atoms with E-state index >= 15 is 0 Å². The van der Waals surface area contributed by atoms with E-state index in [1.807, 2.05) is 4.90 Å². The molecule has 0 unspecified atom stereocenters. The fourth-order valence-corrected chi connectivity index (χ4v) is 3.44. The highest BCUT2D eigenvalue weighted by Crippen LogP contribution is 2.36. The Bertz CT molecular complexity index is 317. The Labute approximate surface area is 109 Å². The summed E-state index contributed by atoms with van der Waals surface area (Å²) in [5.41, 5.74) is 0. The summed E-state index contributed by atoms with van der Waals surface area (Å²) >= 11 is 0. The van der Waals surface area contributed by atoms with Gasteiger partial charge in [-0.3, -0.25) is 4.79 Å².